The van der Waals surface area contributed by atoms with Gasteiger partial charge in [0.1, 0.15) is 5.82 Å². The fraction of sp³-hybridized carbons (Fsp3) is 0.500. The molecule has 0 spiro atoms. The molecule has 1 N–H and O–H groups in total. The van der Waals surface area contributed by atoms with E-state index in [0.717, 1.165) is 6.42 Å². The number of amides is 2. The second-order valence-corrected chi connectivity index (χ2v) is 6.01. The highest BCUT2D eigenvalue weighted by Crippen LogP contribution is 2.26. The minimum Gasteiger partial charge on any atom is -0.368 e. The van der Waals surface area contributed by atoms with E-state index in [-0.39, 0.29) is 29.6 Å². The normalized spacial score (nSPS) is 21.6. The van der Waals surface area contributed by atoms with Crippen LogP contribution in [0, 0.1) is 11.7 Å². The molecule has 2 saturated heterocycles. The van der Waals surface area contributed by atoms with Crippen LogP contribution < -0.4 is 10.2 Å². The Morgan fingerprint density at radius 2 is 1.95 bits per heavy atom. The number of para-hydroxylation sites is 1. The first-order valence-electron chi connectivity index (χ1n) is 7.60. The van der Waals surface area contributed by atoms with Gasteiger partial charge in [-0.15, -0.1) is 0 Å². The average Bonchev–Trinajstić information content (AvgIpc) is 2.91. The molecule has 6 heteroatoms. The van der Waals surface area contributed by atoms with E-state index in [9.17, 15) is 14.0 Å². The lowest BCUT2D eigenvalue weighted by Crippen LogP contribution is -2.61. The molecule has 0 aliphatic carbocycles. The van der Waals surface area contributed by atoms with Gasteiger partial charge in [-0.1, -0.05) is 12.1 Å². The quantitative estimate of drug-likeness (QED) is 0.906. The maximum absolute atomic E-state index is 13.8. The highest BCUT2D eigenvalue weighted by atomic mass is 19.1. The summed E-state index contributed by atoms with van der Waals surface area (Å²) in [5.74, 6) is -0.324. The maximum Gasteiger partial charge on any atom is 0.225 e. The molecule has 1 atom stereocenters. The number of halogens is 1. The van der Waals surface area contributed by atoms with E-state index in [1.54, 1.807) is 23.1 Å². The number of likely N-dealkylation sites (tertiary alicyclic amines) is 1. The van der Waals surface area contributed by atoms with Crippen LogP contribution in [0.15, 0.2) is 24.3 Å². The van der Waals surface area contributed by atoms with Crippen molar-refractivity contribution in [2.75, 3.05) is 31.1 Å². The monoisotopic (exact) mass is 305 g/mol. The van der Waals surface area contributed by atoms with Crippen LogP contribution in [0.5, 0.6) is 0 Å². The molecule has 22 heavy (non-hydrogen) atoms. The van der Waals surface area contributed by atoms with Crippen LogP contribution in [-0.2, 0) is 9.59 Å². The molecule has 1 aromatic rings. The summed E-state index contributed by atoms with van der Waals surface area (Å²) >= 11 is 0. The smallest absolute Gasteiger partial charge is 0.225 e. The first-order valence-corrected chi connectivity index (χ1v) is 7.60. The summed E-state index contributed by atoms with van der Waals surface area (Å²) in [5.41, 5.74) is 0.559. The van der Waals surface area contributed by atoms with Crippen molar-refractivity contribution >= 4 is 17.5 Å². The Labute approximate surface area is 129 Å². The van der Waals surface area contributed by atoms with Crippen molar-refractivity contribution in [2.45, 2.75) is 19.4 Å². The Kier molecular flexibility index (Phi) is 4.00. The summed E-state index contributed by atoms with van der Waals surface area (Å²) in [5, 5.41) is 2.98. The Morgan fingerprint density at radius 1 is 1.23 bits per heavy atom. The molecule has 2 aliphatic heterocycles. The minimum absolute atomic E-state index is 0.00652. The standard InChI is InChI=1S/C16H20FN3O2/c1-11(21)20-9-13(10-20)18-16(22)12-6-7-19(8-12)15-5-3-2-4-14(15)17/h2-5,12-13H,6-10H2,1H3,(H,18,22). The number of hydrogen-bond acceptors (Lipinski definition) is 3. The van der Waals surface area contributed by atoms with Crippen LogP contribution in [0.1, 0.15) is 13.3 Å². The molecule has 1 unspecified atom stereocenters. The largest absolute Gasteiger partial charge is 0.368 e. The zero-order valence-corrected chi connectivity index (χ0v) is 12.6. The van der Waals surface area contributed by atoms with Gasteiger partial charge in [-0.25, -0.2) is 4.39 Å². The van der Waals surface area contributed by atoms with Gasteiger partial charge in [-0.05, 0) is 18.6 Å². The van der Waals surface area contributed by atoms with E-state index in [1.165, 1.54) is 13.0 Å². The van der Waals surface area contributed by atoms with Crippen molar-refractivity contribution in [1.29, 1.82) is 0 Å². The third-order valence-electron chi connectivity index (χ3n) is 4.43. The number of carbonyl (C=O) groups excluding carboxylic acids is 2. The fourth-order valence-electron chi connectivity index (χ4n) is 3.05. The maximum atomic E-state index is 13.8. The predicted octanol–water partition coefficient (Wildman–Crippen LogP) is 0.999. The SMILES string of the molecule is CC(=O)N1CC(NC(=O)C2CCN(c3ccccc3F)C2)C1. The second kappa shape index (κ2) is 5.94. The topological polar surface area (TPSA) is 52.7 Å². The van der Waals surface area contributed by atoms with Gasteiger partial charge in [0.2, 0.25) is 11.8 Å². The van der Waals surface area contributed by atoms with Gasteiger partial charge in [0.05, 0.1) is 17.6 Å². The van der Waals surface area contributed by atoms with Crippen LogP contribution in [0.3, 0.4) is 0 Å². The highest BCUT2D eigenvalue weighted by molar-refractivity contribution is 5.81. The van der Waals surface area contributed by atoms with E-state index in [0.29, 0.717) is 31.9 Å². The Bertz CT molecular complexity index is 587. The minimum atomic E-state index is -0.250. The number of hydrogen-bond donors (Lipinski definition) is 1. The predicted molar refractivity (Wildman–Crippen MR) is 80.9 cm³/mol. The summed E-state index contributed by atoms with van der Waals surface area (Å²) in [4.78, 5) is 27.0. The summed E-state index contributed by atoms with van der Waals surface area (Å²) in [6.45, 7) is 3.93. The molecule has 0 aromatic heterocycles. The summed E-state index contributed by atoms with van der Waals surface area (Å²) in [6, 6.07) is 6.70. The zero-order valence-electron chi connectivity index (χ0n) is 12.6. The van der Waals surface area contributed by atoms with Crippen molar-refractivity contribution in [3.8, 4) is 0 Å². The molecule has 0 bridgehead atoms. The first kappa shape index (κ1) is 14.8. The lowest BCUT2D eigenvalue weighted by atomic mass is 10.1. The molecule has 2 heterocycles. The van der Waals surface area contributed by atoms with E-state index in [1.807, 2.05) is 4.90 Å². The molecule has 0 radical (unpaired) electrons. The van der Waals surface area contributed by atoms with Gasteiger partial charge >= 0.3 is 0 Å². The lowest BCUT2D eigenvalue weighted by Gasteiger charge is -2.39. The van der Waals surface area contributed by atoms with Crippen LogP contribution in [-0.4, -0.2) is 48.9 Å². The summed E-state index contributed by atoms with van der Waals surface area (Å²) in [7, 11) is 0. The third kappa shape index (κ3) is 2.91. The highest BCUT2D eigenvalue weighted by Gasteiger charge is 2.34. The van der Waals surface area contributed by atoms with Crippen molar-refractivity contribution in [3.63, 3.8) is 0 Å². The van der Waals surface area contributed by atoms with E-state index in [4.69, 9.17) is 0 Å². The van der Waals surface area contributed by atoms with Gasteiger partial charge in [-0.2, -0.15) is 0 Å². The van der Waals surface area contributed by atoms with Crippen LogP contribution in [0.2, 0.25) is 0 Å². The van der Waals surface area contributed by atoms with Gasteiger partial charge in [0.15, 0.2) is 0 Å². The second-order valence-electron chi connectivity index (χ2n) is 6.01. The number of rotatable bonds is 3. The average molecular weight is 305 g/mol. The first-order chi connectivity index (χ1) is 10.5. The number of nitrogens with zero attached hydrogens (tertiary/aromatic N) is 2. The molecule has 1 aromatic carbocycles. The van der Waals surface area contributed by atoms with Crippen LogP contribution in [0.4, 0.5) is 10.1 Å². The van der Waals surface area contributed by atoms with Crippen LogP contribution >= 0.6 is 0 Å². The van der Waals surface area contributed by atoms with Crippen LogP contribution in [0.25, 0.3) is 0 Å². The van der Waals surface area contributed by atoms with Gasteiger partial charge in [0, 0.05) is 33.1 Å². The Hall–Kier alpha value is -2.11. The number of anilines is 1. The molecule has 3 rings (SSSR count). The molecular formula is C16H20FN3O2. The lowest BCUT2D eigenvalue weighted by molar-refractivity contribution is -0.136. The Morgan fingerprint density at radius 3 is 2.64 bits per heavy atom. The third-order valence-corrected chi connectivity index (χ3v) is 4.43. The number of benzene rings is 1. The molecule has 2 fully saturated rings. The van der Waals surface area contributed by atoms with E-state index >= 15 is 0 Å². The van der Waals surface area contributed by atoms with E-state index in [2.05, 4.69) is 5.32 Å². The van der Waals surface area contributed by atoms with E-state index < -0.39 is 0 Å². The van der Waals surface area contributed by atoms with Crippen molar-refractivity contribution < 1.29 is 14.0 Å². The molecule has 0 saturated carbocycles. The van der Waals surface area contributed by atoms with Gasteiger partial charge in [-0.3, -0.25) is 9.59 Å². The van der Waals surface area contributed by atoms with Gasteiger partial charge in [0.25, 0.3) is 0 Å². The van der Waals surface area contributed by atoms with Gasteiger partial charge < -0.3 is 15.1 Å². The fourth-order valence-corrected chi connectivity index (χ4v) is 3.05. The number of nitrogens with one attached hydrogen (secondary N) is 1. The number of carbonyl (C=O) groups is 2. The van der Waals surface area contributed by atoms with Crippen molar-refractivity contribution in [3.05, 3.63) is 30.1 Å². The summed E-state index contributed by atoms with van der Waals surface area (Å²) < 4.78 is 13.8. The molecular weight excluding hydrogens is 285 g/mol. The van der Waals surface area contributed by atoms with Crippen molar-refractivity contribution in [1.82, 2.24) is 10.2 Å². The molecule has 2 aliphatic rings. The summed E-state index contributed by atoms with van der Waals surface area (Å²) in [6.07, 6.45) is 0.726. The zero-order chi connectivity index (χ0) is 15.7. The molecule has 2 amide bonds. The van der Waals surface area contributed by atoms with Crippen molar-refractivity contribution in [2.24, 2.45) is 5.92 Å². The molecule has 118 valence electrons. The molecule has 5 nitrogen and oxygen atoms in total. The Balaban J connectivity index is 1.52.